The molecule has 0 heterocycles. The topological polar surface area (TPSA) is 126 Å². The minimum absolute atomic E-state index is 0.215. The van der Waals surface area contributed by atoms with Crippen molar-refractivity contribution in [1.82, 2.24) is 5.43 Å². The Balaban J connectivity index is 1.98. The molecule has 1 aliphatic rings. The minimum atomic E-state index is -0.905. The summed E-state index contributed by atoms with van der Waals surface area (Å²) in [6.07, 6.45) is 1.66. The molecule has 0 fully saturated rings. The molecule has 1 aliphatic carbocycles. The van der Waals surface area contributed by atoms with E-state index in [2.05, 4.69) is 5.43 Å². The van der Waals surface area contributed by atoms with Crippen LogP contribution in [0.5, 0.6) is 0 Å². The summed E-state index contributed by atoms with van der Waals surface area (Å²) >= 11 is 12.1. The van der Waals surface area contributed by atoms with E-state index < -0.39 is 24.1 Å². The summed E-state index contributed by atoms with van der Waals surface area (Å²) < 4.78 is 15.5. The zero-order valence-electron chi connectivity index (χ0n) is 16.5. The first-order chi connectivity index (χ1) is 13.5. The third-order valence-electron chi connectivity index (χ3n) is 4.31. The van der Waals surface area contributed by atoms with Crippen molar-refractivity contribution in [1.29, 1.82) is 0 Å². The summed E-state index contributed by atoms with van der Waals surface area (Å²) in [5.74, 6) is 3.75. The molecule has 29 heavy (non-hydrogen) atoms. The van der Waals surface area contributed by atoms with Crippen LogP contribution in [0.3, 0.4) is 0 Å². The Hall–Kier alpha value is -2.16. The van der Waals surface area contributed by atoms with E-state index in [4.69, 9.17) is 49.0 Å². The van der Waals surface area contributed by atoms with Gasteiger partial charge in [-0.05, 0) is 56.9 Å². The van der Waals surface area contributed by atoms with Crippen molar-refractivity contribution in [2.45, 2.75) is 46.1 Å². The Bertz CT molecular complexity index is 821. The lowest BCUT2D eigenvalue weighted by Crippen LogP contribution is -2.35. The summed E-state index contributed by atoms with van der Waals surface area (Å²) in [6.45, 7) is 4.47. The maximum atomic E-state index is 12.2. The van der Waals surface area contributed by atoms with Gasteiger partial charge in [-0.15, -0.1) is 0 Å². The van der Waals surface area contributed by atoms with E-state index >= 15 is 0 Å². The molecule has 0 amide bonds. The van der Waals surface area contributed by atoms with Gasteiger partial charge in [0, 0.05) is 6.42 Å². The largest absolute Gasteiger partial charge is 0.474 e. The van der Waals surface area contributed by atoms with Crippen molar-refractivity contribution in [3.8, 4) is 0 Å². The standard InChI is InChI=1S/C19H25Cl2N3O5/c1-19(2,3)18(26)28-9-27-17(25)15(24-23)16(22)29-12-5-4-10-7-13(20)14(21)8-11(10)6-12/h7-8,12,24H,4-6,9,22-23H2,1-3H3/b16-15+. The Labute approximate surface area is 179 Å². The van der Waals surface area contributed by atoms with Gasteiger partial charge in [0.1, 0.15) is 6.10 Å². The van der Waals surface area contributed by atoms with Crippen molar-refractivity contribution >= 4 is 35.1 Å². The second-order valence-electron chi connectivity index (χ2n) is 7.63. The molecular weight excluding hydrogens is 421 g/mol. The number of benzene rings is 1. The normalized spacial score (nSPS) is 17.0. The van der Waals surface area contributed by atoms with Gasteiger partial charge in [0.05, 0.1) is 15.5 Å². The molecule has 0 radical (unpaired) electrons. The summed E-state index contributed by atoms with van der Waals surface area (Å²) in [7, 11) is 0. The minimum Gasteiger partial charge on any atom is -0.474 e. The van der Waals surface area contributed by atoms with Crippen molar-refractivity contribution in [3.63, 3.8) is 0 Å². The number of halogens is 2. The Morgan fingerprint density at radius 3 is 2.38 bits per heavy atom. The highest BCUT2D eigenvalue weighted by Crippen LogP contribution is 2.31. The molecule has 0 aliphatic heterocycles. The first-order valence-corrected chi connectivity index (χ1v) is 9.72. The van der Waals surface area contributed by atoms with Crippen LogP contribution >= 0.6 is 23.2 Å². The number of hydrazine groups is 1. The van der Waals surface area contributed by atoms with Crippen LogP contribution in [0.1, 0.15) is 38.3 Å². The lowest BCUT2D eigenvalue weighted by Gasteiger charge is -2.26. The molecule has 0 saturated heterocycles. The molecule has 1 aromatic carbocycles. The van der Waals surface area contributed by atoms with Crippen molar-refractivity contribution in [3.05, 3.63) is 44.9 Å². The highest BCUT2D eigenvalue weighted by atomic mass is 35.5. The SMILES string of the molecule is CC(C)(C)C(=O)OCOC(=O)/C(NN)=C(/N)OC1CCc2cc(Cl)c(Cl)cc2C1. The summed E-state index contributed by atoms with van der Waals surface area (Å²) in [4.78, 5) is 23.9. The molecule has 160 valence electrons. The van der Waals surface area contributed by atoms with E-state index in [0.29, 0.717) is 22.9 Å². The molecule has 0 bridgehead atoms. The van der Waals surface area contributed by atoms with Crippen LogP contribution in [0.15, 0.2) is 23.7 Å². The van der Waals surface area contributed by atoms with Crippen LogP contribution < -0.4 is 17.0 Å². The molecule has 0 saturated carbocycles. The molecule has 1 unspecified atom stereocenters. The number of nitrogens with one attached hydrogen (secondary N) is 1. The van der Waals surface area contributed by atoms with Crippen LogP contribution in [-0.2, 0) is 36.6 Å². The van der Waals surface area contributed by atoms with Crippen LogP contribution in [0, 0.1) is 5.41 Å². The van der Waals surface area contributed by atoms with Gasteiger partial charge in [0.15, 0.2) is 5.70 Å². The van der Waals surface area contributed by atoms with Crippen molar-refractivity contribution in [2.75, 3.05) is 6.79 Å². The lowest BCUT2D eigenvalue weighted by molar-refractivity contribution is -0.171. The molecule has 1 aromatic rings. The smallest absolute Gasteiger partial charge is 0.364 e. The van der Waals surface area contributed by atoms with Crippen LogP contribution in [0.4, 0.5) is 0 Å². The molecule has 2 rings (SSSR count). The second kappa shape index (κ2) is 9.56. The average Bonchev–Trinajstić information content (AvgIpc) is 2.62. The summed E-state index contributed by atoms with van der Waals surface area (Å²) in [5.41, 5.74) is 9.18. The molecule has 8 nitrogen and oxygen atoms in total. The first-order valence-electron chi connectivity index (χ1n) is 8.97. The van der Waals surface area contributed by atoms with Gasteiger partial charge < -0.3 is 25.4 Å². The molecule has 0 spiro atoms. The molecule has 5 N–H and O–H groups in total. The number of carbonyl (C=O) groups excluding carboxylic acids is 2. The number of carbonyl (C=O) groups is 2. The van der Waals surface area contributed by atoms with E-state index in [-0.39, 0.29) is 17.7 Å². The van der Waals surface area contributed by atoms with Gasteiger partial charge >= 0.3 is 11.9 Å². The van der Waals surface area contributed by atoms with Crippen molar-refractivity contribution < 1.29 is 23.8 Å². The number of hydrogen-bond donors (Lipinski definition) is 3. The van der Waals surface area contributed by atoms with Crippen molar-refractivity contribution in [2.24, 2.45) is 17.0 Å². The summed E-state index contributed by atoms with van der Waals surface area (Å²) in [6, 6.07) is 3.65. The predicted molar refractivity (Wildman–Crippen MR) is 108 cm³/mol. The number of ether oxygens (including phenoxy) is 3. The number of aryl methyl sites for hydroxylation is 1. The molecule has 0 aromatic heterocycles. The Morgan fingerprint density at radius 2 is 1.79 bits per heavy atom. The zero-order chi connectivity index (χ0) is 21.8. The predicted octanol–water partition coefficient (Wildman–Crippen LogP) is 2.55. The Kier molecular flexibility index (Phi) is 7.62. The van der Waals surface area contributed by atoms with Gasteiger partial charge in [0.25, 0.3) is 0 Å². The maximum Gasteiger partial charge on any atom is 0.364 e. The molecular formula is C19H25Cl2N3O5. The monoisotopic (exact) mass is 445 g/mol. The number of rotatable bonds is 6. The highest BCUT2D eigenvalue weighted by Gasteiger charge is 2.26. The fraction of sp³-hybridized carbons (Fsp3) is 0.474. The summed E-state index contributed by atoms with van der Waals surface area (Å²) in [5, 5.41) is 0.973. The van der Waals surface area contributed by atoms with E-state index in [1.807, 2.05) is 6.07 Å². The molecule has 10 heteroatoms. The quantitative estimate of drug-likeness (QED) is 0.152. The fourth-order valence-electron chi connectivity index (χ4n) is 2.71. The van der Waals surface area contributed by atoms with E-state index in [1.54, 1.807) is 26.8 Å². The van der Waals surface area contributed by atoms with E-state index in [9.17, 15) is 9.59 Å². The fourth-order valence-corrected chi connectivity index (χ4v) is 3.08. The maximum absolute atomic E-state index is 12.2. The van der Waals surface area contributed by atoms with Gasteiger partial charge in [-0.1, -0.05) is 23.2 Å². The lowest BCUT2D eigenvalue weighted by atomic mass is 9.90. The second-order valence-corrected chi connectivity index (χ2v) is 8.45. The first kappa shape index (κ1) is 23.1. The average molecular weight is 446 g/mol. The number of esters is 2. The number of nitrogens with two attached hydrogens (primary N) is 2. The number of hydrogen-bond acceptors (Lipinski definition) is 8. The highest BCUT2D eigenvalue weighted by molar-refractivity contribution is 6.42. The number of fused-ring (bicyclic) bond motifs is 1. The van der Waals surface area contributed by atoms with E-state index in [0.717, 1.165) is 17.5 Å². The van der Waals surface area contributed by atoms with Crippen LogP contribution in [-0.4, -0.2) is 24.8 Å². The third kappa shape index (κ3) is 6.16. The van der Waals surface area contributed by atoms with Crippen LogP contribution in [0.25, 0.3) is 0 Å². The van der Waals surface area contributed by atoms with Gasteiger partial charge in [-0.2, -0.15) is 0 Å². The Morgan fingerprint density at radius 1 is 1.17 bits per heavy atom. The van der Waals surface area contributed by atoms with Gasteiger partial charge in [-0.25, -0.2) is 4.79 Å². The van der Waals surface area contributed by atoms with Gasteiger partial charge in [0.2, 0.25) is 12.7 Å². The van der Waals surface area contributed by atoms with Crippen LogP contribution in [0.2, 0.25) is 10.0 Å². The van der Waals surface area contributed by atoms with E-state index in [1.165, 1.54) is 0 Å². The molecule has 1 atom stereocenters. The van der Waals surface area contributed by atoms with Gasteiger partial charge in [-0.3, -0.25) is 10.6 Å². The third-order valence-corrected chi connectivity index (χ3v) is 5.03. The zero-order valence-corrected chi connectivity index (χ0v) is 18.0.